The Balaban J connectivity index is 1.74. The van der Waals surface area contributed by atoms with Crippen LogP contribution in [0, 0.1) is 11.8 Å². The topological polar surface area (TPSA) is 20.3 Å². The summed E-state index contributed by atoms with van der Waals surface area (Å²) in [4.78, 5) is 13.7. The van der Waals surface area contributed by atoms with Crippen molar-refractivity contribution in [3.63, 3.8) is 0 Å². The first-order valence-corrected chi connectivity index (χ1v) is 7.63. The molecule has 1 aliphatic carbocycles. The number of halogens is 2. The lowest BCUT2D eigenvalue weighted by molar-refractivity contribution is -0.130. The van der Waals surface area contributed by atoms with Crippen LogP contribution < -0.4 is 0 Å². The van der Waals surface area contributed by atoms with Crippen molar-refractivity contribution in [1.29, 1.82) is 0 Å². The summed E-state index contributed by atoms with van der Waals surface area (Å²) < 4.78 is 0. The number of carbonyl (C=O) groups is 1. The number of rotatable bonds is 3. The van der Waals surface area contributed by atoms with Crippen LogP contribution >= 0.6 is 23.2 Å². The maximum absolute atomic E-state index is 12.5. The molecule has 1 aromatic rings. The first-order chi connectivity index (χ1) is 9.13. The molecule has 4 heteroatoms. The maximum atomic E-state index is 12.5. The second-order valence-corrected chi connectivity index (χ2v) is 6.67. The van der Waals surface area contributed by atoms with Crippen LogP contribution in [0.5, 0.6) is 0 Å². The van der Waals surface area contributed by atoms with Crippen molar-refractivity contribution in [3.05, 3.63) is 35.9 Å². The summed E-state index contributed by atoms with van der Waals surface area (Å²) in [6.07, 6.45) is 1.71. The van der Waals surface area contributed by atoms with Crippen molar-refractivity contribution >= 4 is 29.1 Å². The molecule has 2 fully saturated rings. The van der Waals surface area contributed by atoms with Gasteiger partial charge < -0.3 is 4.90 Å². The van der Waals surface area contributed by atoms with Crippen LogP contribution in [-0.4, -0.2) is 28.1 Å². The Bertz CT molecular complexity index is 478. The van der Waals surface area contributed by atoms with Crippen molar-refractivity contribution in [2.75, 3.05) is 12.4 Å². The molecule has 102 valence electrons. The second kappa shape index (κ2) is 4.99. The third kappa shape index (κ3) is 2.25. The fraction of sp³-hybridized carbons (Fsp3) is 0.533. The highest BCUT2D eigenvalue weighted by molar-refractivity contribution is 6.36. The number of likely N-dealkylation sites (tertiary alicyclic amines) is 1. The molecule has 19 heavy (non-hydrogen) atoms. The summed E-state index contributed by atoms with van der Waals surface area (Å²) >= 11 is 12.5. The summed E-state index contributed by atoms with van der Waals surface area (Å²) in [6.45, 7) is 1.43. The van der Waals surface area contributed by atoms with Crippen LogP contribution in [0.3, 0.4) is 0 Å². The predicted octanol–water partition coefficient (Wildman–Crippen LogP) is 3.27. The van der Waals surface area contributed by atoms with Gasteiger partial charge in [-0.1, -0.05) is 30.3 Å². The van der Waals surface area contributed by atoms with E-state index in [2.05, 4.69) is 0 Å². The number of carbonyl (C=O) groups excluding carboxylic acids is 1. The summed E-state index contributed by atoms with van der Waals surface area (Å²) in [7, 11) is 0. The van der Waals surface area contributed by atoms with Crippen molar-refractivity contribution < 1.29 is 4.79 Å². The Kier molecular flexibility index (Phi) is 3.48. The van der Waals surface area contributed by atoms with Crippen LogP contribution in [0.25, 0.3) is 0 Å². The van der Waals surface area contributed by atoms with Gasteiger partial charge in [0.1, 0.15) is 4.87 Å². The highest BCUT2D eigenvalue weighted by Crippen LogP contribution is 2.50. The van der Waals surface area contributed by atoms with Crippen molar-refractivity contribution in [1.82, 2.24) is 4.90 Å². The first-order valence-electron chi connectivity index (χ1n) is 6.71. The lowest BCUT2D eigenvalue weighted by Gasteiger charge is -2.21. The van der Waals surface area contributed by atoms with Gasteiger partial charge in [-0.25, -0.2) is 0 Å². The highest BCUT2D eigenvalue weighted by Gasteiger charge is 2.57. The summed E-state index contributed by atoms with van der Waals surface area (Å²) in [6, 6.07) is 10.1. The Morgan fingerprint density at radius 3 is 2.68 bits per heavy atom. The average molecular weight is 298 g/mol. The summed E-state index contributed by atoms with van der Waals surface area (Å²) in [5, 5.41) is 0. The monoisotopic (exact) mass is 297 g/mol. The lowest BCUT2D eigenvalue weighted by atomic mass is 9.99. The molecule has 0 spiro atoms. The molecule has 1 saturated heterocycles. The molecule has 2 aliphatic rings. The van der Waals surface area contributed by atoms with Gasteiger partial charge >= 0.3 is 0 Å². The largest absolute Gasteiger partial charge is 0.336 e. The third-order valence-electron chi connectivity index (χ3n) is 4.37. The summed E-state index contributed by atoms with van der Waals surface area (Å²) in [5.74, 6) is 1.36. The molecule has 3 atom stereocenters. The molecule has 0 N–H and O–H groups in total. The number of hydrogen-bond acceptors (Lipinski definition) is 1. The molecule has 2 nitrogen and oxygen atoms in total. The van der Waals surface area contributed by atoms with Crippen molar-refractivity contribution in [2.45, 2.75) is 24.3 Å². The molecule has 0 aromatic heterocycles. The van der Waals surface area contributed by atoms with E-state index >= 15 is 0 Å². The Morgan fingerprint density at radius 2 is 2.05 bits per heavy atom. The highest BCUT2D eigenvalue weighted by atomic mass is 35.5. The van der Waals surface area contributed by atoms with Gasteiger partial charge in [-0.3, -0.25) is 4.79 Å². The predicted molar refractivity (Wildman–Crippen MR) is 77.4 cm³/mol. The minimum atomic E-state index is -0.686. The SMILES string of the molecule is O=C1N(Cc2ccccc2)C[C@@H]2CC(CCl)C[C@]12Cl. The van der Waals surface area contributed by atoms with E-state index in [1.165, 1.54) is 0 Å². The zero-order valence-corrected chi connectivity index (χ0v) is 12.2. The van der Waals surface area contributed by atoms with Crippen LogP contribution in [-0.2, 0) is 11.3 Å². The number of benzene rings is 1. The second-order valence-electron chi connectivity index (χ2n) is 5.69. The van der Waals surface area contributed by atoms with Crippen molar-refractivity contribution in [2.24, 2.45) is 11.8 Å². The number of fused-ring (bicyclic) bond motifs is 1. The first kappa shape index (κ1) is 13.3. The average Bonchev–Trinajstić information content (AvgIpc) is 2.86. The van der Waals surface area contributed by atoms with Crippen LogP contribution in [0.1, 0.15) is 18.4 Å². The molecule has 1 saturated carbocycles. The fourth-order valence-corrected chi connectivity index (χ4v) is 4.14. The third-order valence-corrected chi connectivity index (χ3v) is 5.43. The molecular weight excluding hydrogens is 281 g/mol. The molecule has 1 aliphatic heterocycles. The maximum Gasteiger partial charge on any atom is 0.244 e. The zero-order valence-electron chi connectivity index (χ0n) is 10.7. The van der Waals surface area contributed by atoms with Gasteiger partial charge in [0.15, 0.2) is 0 Å². The van der Waals surface area contributed by atoms with Gasteiger partial charge in [0.2, 0.25) is 5.91 Å². The minimum Gasteiger partial charge on any atom is -0.336 e. The molecular formula is C15H17Cl2NO. The van der Waals surface area contributed by atoms with Gasteiger partial charge in [-0.2, -0.15) is 0 Å². The number of hydrogen-bond donors (Lipinski definition) is 0. The number of amides is 1. The Labute approximate surface area is 123 Å². The molecule has 3 rings (SSSR count). The molecule has 0 radical (unpaired) electrons. The summed E-state index contributed by atoms with van der Waals surface area (Å²) in [5.41, 5.74) is 1.16. The van der Waals surface area contributed by atoms with Crippen molar-refractivity contribution in [3.8, 4) is 0 Å². The van der Waals surface area contributed by atoms with E-state index in [1.807, 2.05) is 35.2 Å². The van der Waals surface area contributed by atoms with E-state index in [1.54, 1.807) is 0 Å². The number of alkyl halides is 2. The van der Waals surface area contributed by atoms with E-state index in [-0.39, 0.29) is 11.8 Å². The smallest absolute Gasteiger partial charge is 0.244 e. The van der Waals surface area contributed by atoms with E-state index < -0.39 is 4.87 Å². The van der Waals surface area contributed by atoms with Gasteiger partial charge in [0, 0.05) is 24.9 Å². The lowest BCUT2D eigenvalue weighted by Crippen LogP contribution is -2.36. The minimum absolute atomic E-state index is 0.0932. The van der Waals surface area contributed by atoms with Gasteiger partial charge in [0.05, 0.1) is 0 Å². The van der Waals surface area contributed by atoms with E-state index in [9.17, 15) is 4.79 Å². The Morgan fingerprint density at radius 1 is 1.32 bits per heavy atom. The molecule has 0 bridgehead atoms. The normalized spacial score (nSPS) is 33.8. The van der Waals surface area contributed by atoms with E-state index in [0.29, 0.717) is 18.3 Å². The van der Waals surface area contributed by atoms with Gasteiger partial charge in [0.25, 0.3) is 0 Å². The van der Waals surface area contributed by atoms with Crippen LogP contribution in [0.2, 0.25) is 0 Å². The standard InChI is InChI=1S/C15H17Cl2NO/c16-8-12-6-13-10-18(14(19)15(13,17)7-12)9-11-4-2-1-3-5-11/h1-5,12-13H,6-10H2/t12?,13-,15+/m0/s1. The fourth-order valence-electron chi connectivity index (χ4n) is 3.41. The Hall–Kier alpha value is -0.730. The molecule has 1 amide bonds. The quantitative estimate of drug-likeness (QED) is 0.784. The molecule has 1 unspecified atom stereocenters. The van der Waals surface area contributed by atoms with Crippen LogP contribution in [0.15, 0.2) is 30.3 Å². The van der Waals surface area contributed by atoms with Crippen LogP contribution in [0.4, 0.5) is 0 Å². The van der Waals surface area contributed by atoms with Gasteiger partial charge in [-0.05, 0) is 24.3 Å². The van der Waals surface area contributed by atoms with Gasteiger partial charge in [-0.15, -0.1) is 23.2 Å². The van der Waals surface area contributed by atoms with E-state index in [4.69, 9.17) is 23.2 Å². The number of nitrogens with zero attached hydrogens (tertiary/aromatic N) is 1. The zero-order chi connectivity index (χ0) is 13.5. The van der Waals surface area contributed by atoms with E-state index in [0.717, 1.165) is 24.9 Å². The molecule has 1 heterocycles. The molecule has 1 aromatic carbocycles.